The molecule has 0 bridgehead atoms. The van der Waals surface area contributed by atoms with Gasteiger partial charge in [0.1, 0.15) is 11.6 Å². The second kappa shape index (κ2) is 7.47. The Morgan fingerprint density at radius 2 is 1.88 bits per heavy atom. The molecule has 0 saturated heterocycles. The molecule has 5 heteroatoms. The zero-order valence-corrected chi connectivity index (χ0v) is 14.5. The molecule has 1 N–H and O–H groups in total. The monoisotopic (exact) mass is 339 g/mol. The highest BCUT2D eigenvalue weighted by molar-refractivity contribution is 5.78. The van der Waals surface area contributed by atoms with Crippen molar-refractivity contribution in [1.82, 2.24) is 14.9 Å². The molecule has 0 saturated carbocycles. The molecule has 25 heavy (non-hydrogen) atoms. The van der Waals surface area contributed by atoms with Gasteiger partial charge in [-0.15, -0.1) is 0 Å². The van der Waals surface area contributed by atoms with E-state index in [1.165, 1.54) is 6.07 Å². The lowest BCUT2D eigenvalue weighted by Crippen LogP contribution is -2.30. The summed E-state index contributed by atoms with van der Waals surface area (Å²) >= 11 is 0. The summed E-state index contributed by atoms with van der Waals surface area (Å²) in [4.78, 5) is 16.4. The predicted molar refractivity (Wildman–Crippen MR) is 96.8 cm³/mol. The van der Waals surface area contributed by atoms with Crippen LogP contribution in [0.15, 0.2) is 48.5 Å². The second-order valence-electron chi connectivity index (χ2n) is 6.39. The van der Waals surface area contributed by atoms with Gasteiger partial charge in [0.05, 0.1) is 17.6 Å². The van der Waals surface area contributed by atoms with Gasteiger partial charge in [-0.05, 0) is 18.2 Å². The van der Waals surface area contributed by atoms with Gasteiger partial charge in [0.25, 0.3) is 0 Å². The Balaban J connectivity index is 1.87. The maximum Gasteiger partial charge on any atom is 0.222 e. The summed E-state index contributed by atoms with van der Waals surface area (Å²) in [5.41, 5.74) is 2.47. The third kappa shape index (κ3) is 3.87. The largest absolute Gasteiger partial charge is 0.355 e. The van der Waals surface area contributed by atoms with Crippen molar-refractivity contribution in [1.29, 1.82) is 0 Å². The van der Waals surface area contributed by atoms with E-state index < -0.39 is 0 Å². The van der Waals surface area contributed by atoms with Crippen LogP contribution >= 0.6 is 0 Å². The minimum Gasteiger partial charge on any atom is -0.355 e. The quantitative estimate of drug-likeness (QED) is 0.747. The van der Waals surface area contributed by atoms with Crippen LogP contribution in [-0.4, -0.2) is 22.0 Å². The van der Waals surface area contributed by atoms with Gasteiger partial charge in [0.2, 0.25) is 5.91 Å². The number of halogens is 1. The predicted octanol–water partition coefficient (Wildman–Crippen LogP) is 3.54. The number of nitrogens with one attached hydrogen (secondary N) is 1. The van der Waals surface area contributed by atoms with Crippen molar-refractivity contribution >= 4 is 16.9 Å². The molecular formula is C20H22FN3O. The standard InChI is InChI=1S/C20H22FN3O/c1-14(2)20(25)22-12-11-19-23-17-9-5-6-10-18(17)24(19)13-15-7-3-4-8-16(15)21/h3-10,14H,11-13H2,1-2H3,(H,22,25). The van der Waals surface area contributed by atoms with Crippen molar-refractivity contribution in [2.75, 3.05) is 6.54 Å². The number of imidazole rings is 1. The highest BCUT2D eigenvalue weighted by Crippen LogP contribution is 2.19. The zero-order chi connectivity index (χ0) is 17.8. The van der Waals surface area contributed by atoms with E-state index in [-0.39, 0.29) is 17.6 Å². The van der Waals surface area contributed by atoms with Crippen molar-refractivity contribution in [2.45, 2.75) is 26.8 Å². The van der Waals surface area contributed by atoms with Crippen LogP contribution in [0.3, 0.4) is 0 Å². The molecule has 1 amide bonds. The number of benzene rings is 2. The van der Waals surface area contributed by atoms with Crippen LogP contribution in [0.25, 0.3) is 11.0 Å². The maximum atomic E-state index is 14.1. The number of carbonyl (C=O) groups is 1. The SMILES string of the molecule is CC(C)C(=O)NCCc1nc2ccccc2n1Cc1ccccc1F. The van der Waals surface area contributed by atoms with Gasteiger partial charge < -0.3 is 9.88 Å². The lowest BCUT2D eigenvalue weighted by atomic mass is 10.2. The molecular weight excluding hydrogens is 317 g/mol. The van der Waals surface area contributed by atoms with Gasteiger partial charge in [-0.2, -0.15) is 0 Å². The summed E-state index contributed by atoms with van der Waals surface area (Å²) in [6.45, 7) is 4.66. The first kappa shape index (κ1) is 17.1. The number of aromatic nitrogens is 2. The topological polar surface area (TPSA) is 46.9 Å². The van der Waals surface area contributed by atoms with Crippen LogP contribution in [0.1, 0.15) is 25.2 Å². The van der Waals surface area contributed by atoms with Gasteiger partial charge in [0, 0.05) is 24.4 Å². The molecule has 0 fully saturated rings. The lowest BCUT2D eigenvalue weighted by molar-refractivity contribution is -0.123. The van der Waals surface area contributed by atoms with Crippen LogP contribution in [0.4, 0.5) is 4.39 Å². The van der Waals surface area contributed by atoms with Crippen LogP contribution in [0.2, 0.25) is 0 Å². The molecule has 3 rings (SSSR count). The second-order valence-corrected chi connectivity index (χ2v) is 6.39. The highest BCUT2D eigenvalue weighted by atomic mass is 19.1. The summed E-state index contributed by atoms with van der Waals surface area (Å²) in [6.07, 6.45) is 0.599. The van der Waals surface area contributed by atoms with Crippen molar-refractivity contribution in [3.63, 3.8) is 0 Å². The van der Waals surface area contributed by atoms with E-state index in [2.05, 4.69) is 10.3 Å². The third-order valence-corrected chi connectivity index (χ3v) is 4.19. The van der Waals surface area contributed by atoms with Gasteiger partial charge in [-0.1, -0.05) is 44.2 Å². The van der Waals surface area contributed by atoms with Gasteiger partial charge in [-0.3, -0.25) is 4.79 Å². The molecule has 2 aromatic carbocycles. The van der Waals surface area contributed by atoms with Crippen molar-refractivity contribution < 1.29 is 9.18 Å². The average Bonchev–Trinajstić information content (AvgIpc) is 2.94. The van der Waals surface area contributed by atoms with E-state index in [4.69, 9.17) is 0 Å². The first-order valence-corrected chi connectivity index (χ1v) is 8.51. The number of hydrogen-bond acceptors (Lipinski definition) is 2. The number of rotatable bonds is 6. The maximum absolute atomic E-state index is 14.1. The molecule has 0 unspecified atom stereocenters. The Hall–Kier alpha value is -2.69. The van der Waals surface area contributed by atoms with E-state index in [1.54, 1.807) is 12.1 Å². The van der Waals surface area contributed by atoms with Crippen molar-refractivity contribution in [3.05, 3.63) is 65.7 Å². The van der Waals surface area contributed by atoms with E-state index in [0.29, 0.717) is 25.1 Å². The summed E-state index contributed by atoms with van der Waals surface area (Å²) in [5.74, 6) is 0.599. The molecule has 1 aromatic heterocycles. The molecule has 0 aliphatic rings. The van der Waals surface area contributed by atoms with Gasteiger partial charge in [0.15, 0.2) is 0 Å². The Morgan fingerprint density at radius 1 is 1.16 bits per heavy atom. The van der Waals surface area contributed by atoms with E-state index in [0.717, 1.165) is 16.9 Å². The average molecular weight is 339 g/mol. The van der Waals surface area contributed by atoms with E-state index in [1.807, 2.05) is 48.7 Å². The van der Waals surface area contributed by atoms with Crippen molar-refractivity contribution in [3.8, 4) is 0 Å². The van der Waals surface area contributed by atoms with Crippen LogP contribution < -0.4 is 5.32 Å². The molecule has 0 aliphatic carbocycles. The number of hydrogen-bond donors (Lipinski definition) is 1. The van der Waals surface area contributed by atoms with E-state index in [9.17, 15) is 9.18 Å². The lowest BCUT2D eigenvalue weighted by Gasteiger charge is -2.11. The van der Waals surface area contributed by atoms with Crippen molar-refractivity contribution in [2.24, 2.45) is 5.92 Å². The minimum atomic E-state index is -0.223. The molecule has 130 valence electrons. The minimum absolute atomic E-state index is 0.0248. The Morgan fingerprint density at radius 3 is 2.64 bits per heavy atom. The fraction of sp³-hybridized carbons (Fsp3) is 0.300. The van der Waals surface area contributed by atoms with Crippen LogP contribution in [-0.2, 0) is 17.8 Å². The van der Waals surface area contributed by atoms with Crippen LogP contribution in [0.5, 0.6) is 0 Å². The zero-order valence-electron chi connectivity index (χ0n) is 14.5. The molecule has 0 atom stereocenters. The smallest absolute Gasteiger partial charge is 0.222 e. The molecule has 0 spiro atoms. The molecule has 0 radical (unpaired) electrons. The number of amides is 1. The molecule has 3 aromatic rings. The number of fused-ring (bicyclic) bond motifs is 1. The first-order chi connectivity index (χ1) is 12.1. The van der Waals surface area contributed by atoms with Crippen LogP contribution in [0, 0.1) is 11.7 Å². The Labute approximate surface area is 146 Å². The normalized spacial score (nSPS) is 11.2. The number of para-hydroxylation sites is 2. The first-order valence-electron chi connectivity index (χ1n) is 8.51. The van der Waals surface area contributed by atoms with E-state index >= 15 is 0 Å². The fourth-order valence-electron chi connectivity index (χ4n) is 2.79. The summed E-state index contributed by atoms with van der Waals surface area (Å²) < 4.78 is 16.1. The van der Waals surface area contributed by atoms with Gasteiger partial charge >= 0.3 is 0 Å². The summed E-state index contributed by atoms with van der Waals surface area (Å²) in [5, 5.41) is 2.91. The Bertz CT molecular complexity index is 886. The summed E-state index contributed by atoms with van der Waals surface area (Å²) in [6, 6.07) is 14.6. The summed E-state index contributed by atoms with van der Waals surface area (Å²) in [7, 11) is 0. The molecule has 1 heterocycles. The number of carbonyl (C=O) groups excluding carboxylic acids is 1. The molecule has 0 aliphatic heterocycles. The third-order valence-electron chi connectivity index (χ3n) is 4.19. The molecule has 4 nitrogen and oxygen atoms in total. The number of nitrogens with zero attached hydrogens (tertiary/aromatic N) is 2. The van der Waals surface area contributed by atoms with Gasteiger partial charge in [-0.25, -0.2) is 9.37 Å². The highest BCUT2D eigenvalue weighted by Gasteiger charge is 2.13. The fourth-order valence-corrected chi connectivity index (χ4v) is 2.79. The Kier molecular flexibility index (Phi) is 5.12.